The summed E-state index contributed by atoms with van der Waals surface area (Å²) in [7, 11) is 0. The van der Waals surface area contributed by atoms with Crippen molar-refractivity contribution in [2.24, 2.45) is 0 Å². The van der Waals surface area contributed by atoms with Crippen molar-refractivity contribution in [2.45, 2.75) is 12.8 Å². The molecule has 0 atom stereocenters. The van der Waals surface area contributed by atoms with Gasteiger partial charge in [0.05, 0.1) is 4.92 Å². The first kappa shape index (κ1) is 14.3. The number of nitro benzene ring substituents is 1. The van der Waals surface area contributed by atoms with E-state index >= 15 is 0 Å². The van der Waals surface area contributed by atoms with Gasteiger partial charge in [0, 0.05) is 24.1 Å². The van der Waals surface area contributed by atoms with Crippen LogP contribution in [0.4, 0.5) is 10.1 Å². The van der Waals surface area contributed by atoms with E-state index in [1.54, 1.807) is 13.0 Å². The maximum Gasteiger partial charge on any atom is 0.269 e. The highest BCUT2D eigenvalue weighted by Gasteiger charge is 2.10. The molecule has 0 bridgehead atoms. The Kier molecular flexibility index (Phi) is 4.20. The third-order valence-electron chi connectivity index (χ3n) is 2.68. The summed E-state index contributed by atoms with van der Waals surface area (Å²) in [5.41, 5.74) is 1.17. The number of nitro groups is 1. The number of hydrogen-bond acceptors (Lipinski definition) is 3. The summed E-state index contributed by atoms with van der Waals surface area (Å²) < 4.78 is 18.9. The molecule has 0 N–H and O–H groups in total. The minimum absolute atomic E-state index is 0.0180. The Labute approximate surface area is 119 Å². The molecule has 4 nitrogen and oxygen atoms in total. The molecule has 0 heterocycles. The molecule has 0 fully saturated rings. The van der Waals surface area contributed by atoms with E-state index in [0.717, 1.165) is 0 Å². The van der Waals surface area contributed by atoms with Crippen LogP contribution in [0.2, 0.25) is 0 Å². The zero-order valence-corrected chi connectivity index (χ0v) is 11.4. The van der Waals surface area contributed by atoms with Gasteiger partial charge in [-0.05, 0) is 36.2 Å². The SMILES string of the molecule is Cc1cc([N+](=O)[O-])ccc1Oc1cc(F)cc(CCl)c1. The normalized spacial score (nSPS) is 10.3. The van der Waals surface area contributed by atoms with Gasteiger partial charge in [0.25, 0.3) is 5.69 Å². The number of nitrogens with zero attached hydrogens (tertiary/aromatic N) is 1. The number of halogens is 2. The van der Waals surface area contributed by atoms with Crippen molar-refractivity contribution in [3.05, 3.63) is 63.5 Å². The van der Waals surface area contributed by atoms with Gasteiger partial charge in [-0.1, -0.05) is 0 Å². The molecule has 0 spiro atoms. The van der Waals surface area contributed by atoms with Crippen molar-refractivity contribution in [1.82, 2.24) is 0 Å². The average molecular weight is 296 g/mol. The predicted molar refractivity (Wildman–Crippen MR) is 73.9 cm³/mol. The molecule has 2 aromatic rings. The summed E-state index contributed by atoms with van der Waals surface area (Å²) in [4.78, 5) is 10.2. The van der Waals surface area contributed by atoms with Gasteiger partial charge in [-0.2, -0.15) is 0 Å². The Balaban J connectivity index is 2.30. The summed E-state index contributed by atoms with van der Waals surface area (Å²) >= 11 is 5.66. The third kappa shape index (κ3) is 3.24. The molecule has 2 rings (SSSR count). The van der Waals surface area contributed by atoms with Gasteiger partial charge >= 0.3 is 0 Å². The van der Waals surface area contributed by atoms with Gasteiger partial charge in [-0.3, -0.25) is 10.1 Å². The van der Waals surface area contributed by atoms with Crippen LogP contribution in [-0.4, -0.2) is 4.92 Å². The lowest BCUT2D eigenvalue weighted by molar-refractivity contribution is -0.384. The Morgan fingerprint density at radius 3 is 2.65 bits per heavy atom. The molecule has 0 aliphatic heterocycles. The van der Waals surface area contributed by atoms with E-state index in [-0.39, 0.29) is 11.6 Å². The van der Waals surface area contributed by atoms with Gasteiger partial charge in [-0.15, -0.1) is 11.6 Å². The molecule has 2 aromatic carbocycles. The molecule has 104 valence electrons. The van der Waals surface area contributed by atoms with Crippen LogP contribution in [0.25, 0.3) is 0 Å². The van der Waals surface area contributed by atoms with E-state index in [9.17, 15) is 14.5 Å². The summed E-state index contributed by atoms with van der Waals surface area (Å²) in [6.07, 6.45) is 0. The summed E-state index contributed by atoms with van der Waals surface area (Å²) in [6, 6.07) is 8.40. The highest BCUT2D eigenvalue weighted by Crippen LogP contribution is 2.29. The smallest absolute Gasteiger partial charge is 0.269 e. The fourth-order valence-corrected chi connectivity index (χ4v) is 1.90. The Morgan fingerprint density at radius 1 is 1.30 bits per heavy atom. The van der Waals surface area contributed by atoms with Crippen LogP contribution in [0.1, 0.15) is 11.1 Å². The second kappa shape index (κ2) is 5.88. The van der Waals surface area contributed by atoms with Crippen molar-refractivity contribution < 1.29 is 14.1 Å². The van der Waals surface area contributed by atoms with Crippen molar-refractivity contribution >= 4 is 17.3 Å². The maximum atomic E-state index is 13.4. The van der Waals surface area contributed by atoms with Crippen LogP contribution < -0.4 is 4.74 Å². The lowest BCUT2D eigenvalue weighted by Crippen LogP contribution is -1.93. The van der Waals surface area contributed by atoms with Crippen LogP contribution in [0.15, 0.2) is 36.4 Å². The maximum absolute atomic E-state index is 13.4. The molecule has 6 heteroatoms. The first-order valence-corrected chi connectivity index (χ1v) is 6.31. The quantitative estimate of drug-likeness (QED) is 0.471. The highest BCUT2D eigenvalue weighted by molar-refractivity contribution is 6.17. The van der Waals surface area contributed by atoms with E-state index in [1.165, 1.54) is 30.3 Å². The molecule has 0 unspecified atom stereocenters. The van der Waals surface area contributed by atoms with Crippen molar-refractivity contribution in [2.75, 3.05) is 0 Å². The zero-order chi connectivity index (χ0) is 14.7. The van der Waals surface area contributed by atoms with Crippen LogP contribution in [0.5, 0.6) is 11.5 Å². The second-order valence-electron chi connectivity index (χ2n) is 4.24. The zero-order valence-electron chi connectivity index (χ0n) is 10.6. The van der Waals surface area contributed by atoms with Crippen molar-refractivity contribution in [3.63, 3.8) is 0 Å². The van der Waals surface area contributed by atoms with Gasteiger partial charge in [0.15, 0.2) is 0 Å². The second-order valence-corrected chi connectivity index (χ2v) is 4.51. The first-order valence-electron chi connectivity index (χ1n) is 5.78. The van der Waals surface area contributed by atoms with E-state index in [0.29, 0.717) is 22.6 Å². The summed E-state index contributed by atoms with van der Waals surface area (Å²) in [6.45, 7) is 1.68. The van der Waals surface area contributed by atoms with Crippen LogP contribution in [0.3, 0.4) is 0 Å². The highest BCUT2D eigenvalue weighted by atomic mass is 35.5. The Bertz CT molecular complexity index is 661. The molecule has 0 saturated carbocycles. The number of rotatable bonds is 4. The Morgan fingerprint density at radius 2 is 2.05 bits per heavy atom. The van der Waals surface area contributed by atoms with E-state index in [1.807, 2.05) is 0 Å². The fraction of sp³-hybridized carbons (Fsp3) is 0.143. The minimum Gasteiger partial charge on any atom is -0.457 e. The van der Waals surface area contributed by atoms with Crippen molar-refractivity contribution in [1.29, 1.82) is 0 Å². The molecular weight excluding hydrogens is 285 g/mol. The van der Waals surface area contributed by atoms with Crippen LogP contribution in [0, 0.1) is 22.9 Å². The topological polar surface area (TPSA) is 52.4 Å². The largest absolute Gasteiger partial charge is 0.457 e. The van der Waals surface area contributed by atoms with Crippen LogP contribution >= 0.6 is 11.6 Å². The number of ether oxygens (including phenoxy) is 1. The molecular formula is C14H11ClFNO3. The lowest BCUT2D eigenvalue weighted by atomic mass is 10.2. The molecule has 0 aliphatic carbocycles. The molecule has 0 aromatic heterocycles. The minimum atomic E-state index is -0.482. The summed E-state index contributed by atoms with van der Waals surface area (Å²) in [5.74, 6) is 0.463. The molecule has 0 aliphatic rings. The number of aryl methyl sites for hydroxylation is 1. The molecule has 0 radical (unpaired) electrons. The summed E-state index contributed by atoms with van der Waals surface area (Å²) in [5, 5.41) is 10.7. The molecule has 0 saturated heterocycles. The number of benzene rings is 2. The molecule has 20 heavy (non-hydrogen) atoms. The third-order valence-corrected chi connectivity index (χ3v) is 2.99. The Hall–Kier alpha value is -2.14. The van der Waals surface area contributed by atoms with E-state index in [4.69, 9.17) is 16.3 Å². The van der Waals surface area contributed by atoms with Crippen LogP contribution in [-0.2, 0) is 5.88 Å². The lowest BCUT2D eigenvalue weighted by Gasteiger charge is -2.09. The van der Waals surface area contributed by atoms with E-state index < -0.39 is 10.7 Å². The monoisotopic (exact) mass is 295 g/mol. The molecule has 0 amide bonds. The standard InChI is InChI=1S/C14H11ClFNO3/c1-9-4-12(17(18)19)2-3-14(9)20-13-6-10(8-15)5-11(16)7-13/h2-7H,8H2,1H3. The van der Waals surface area contributed by atoms with E-state index in [2.05, 4.69) is 0 Å². The van der Waals surface area contributed by atoms with Gasteiger partial charge in [0.1, 0.15) is 17.3 Å². The van der Waals surface area contributed by atoms with Crippen molar-refractivity contribution in [3.8, 4) is 11.5 Å². The fourth-order valence-electron chi connectivity index (χ4n) is 1.75. The predicted octanol–water partition coefficient (Wildman–Crippen LogP) is 4.57. The number of non-ortho nitro benzene ring substituents is 1. The number of hydrogen-bond donors (Lipinski definition) is 0. The van der Waals surface area contributed by atoms with Gasteiger partial charge < -0.3 is 4.74 Å². The average Bonchev–Trinajstić information content (AvgIpc) is 2.40. The number of alkyl halides is 1. The first-order chi connectivity index (χ1) is 9.49. The van der Waals surface area contributed by atoms with Gasteiger partial charge in [-0.25, -0.2) is 4.39 Å². The van der Waals surface area contributed by atoms with Gasteiger partial charge in [0.2, 0.25) is 0 Å².